The number of hydrogen-bond acceptors (Lipinski definition) is 4. The second-order valence-corrected chi connectivity index (χ2v) is 6.22. The van der Waals surface area contributed by atoms with Crippen molar-refractivity contribution in [3.05, 3.63) is 17.7 Å². The van der Waals surface area contributed by atoms with Gasteiger partial charge in [-0.1, -0.05) is 0 Å². The maximum Gasteiger partial charge on any atom is 0.120 e. The van der Waals surface area contributed by atoms with E-state index in [4.69, 9.17) is 9.47 Å². The molecule has 0 aromatic carbocycles. The maximum absolute atomic E-state index is 6.11. The molecule has 1 N–H and O–H groups in total. The largest absolute Gasteiger partial charge is 0.381 e. The summed E-state index contributed by atoms with van der Waals surface area (Å²) in [6.45, 7) is 5.47. The number of nitrogens with zero attached hydrogens (tertiary/aromatic N) is 2. The summed E-state index contributed by atoms with van der Waals surface area (Å²) in [6, 6.07) is 0.576. The standard InChI is InChI=1S/C15H25N3O2/c1-12-10-16-14(17-12)11-18(2)13-3-6-20-15(9-13)4-7-19-8-5-15/h10,13H,3-9,11H2,1-2H3,(H,16,17)/t13-/m0/s1. The molecule has 0 amide bonds. The van der Waals surface area contributed by atoms with Gasteiger partial charge in [-0.2, -0.15) is 0 Å². The molecule has 112 valence electrons. The summed E-state index contributed by atoms with van der Waals surface area (Å²) in [7, 11) is 2.20. The van der Waals surface area contributed by atoms with E-state index in [1.54, 1.807) is 0 Å². The highest BCUT2D eigenvalue weighted by Gasteiger charge is 2.40. The Balaban J connectivity index is 1.61. The van der Waals surface area contributed by atoms with Gasteiger partial charge in [-0.25, -0.2) is 4.98 Å². The number of aryl methyl sites for hydroxylation is 1. The Hall–Kier alpha value is -0.910. The lowest BCUT2D eigenvalue weighted by Gasteiger charge is -2.45. The second kappa shape index (κ2) is 5.84. The Morgan fingerprint density at radius 2 is 2.20 bits per heavy atom. The number of ether oxygens (including phenoxy) is 2. The minimum atomic E-state index is 0.0640. The molecule has 20 heavy (non-hydrogen) atoms. The number of aromatic nitrogens is 2. The third kappa shape index (κ3) is 3.05. The van der Waals surface area contributed by atoms with Gasteiger partial charge in [0.1, 0.15) is 5.82 Å². The van der Waals surface area contributed by atoms with Crippen molar-refractivity contribution in [3.63, 3.8) is 0 Å². The van der Waals surface area contributed by atoms with Crippen LogP contribution in [0.4, 0.5) is 0 Å². The van der Waals surface area contributed by atoms with Gasteiger partial charge in [-0.15, -0.1) is 0 Å². The Labute approximate surface area is 120 Å². The summed E-state index contributed by atoms with van der Waals surface area (Å²) >= 11 is 0. The zero-order valence-corrected chi connectivity index (χ0v) is 12.5. The van der Waals surface area contributed by atoms with Crippen LogP contribution in [0.15, 0.2) is 6.20 Å². The molecule has 5 heteroatoms. The van der Waals surface area contributed by atoms with Crippen LogP contribution >= 0.6 is 0 Å². The van der Waals surface area contributed by atoms with Gasteiger partial charge in [0, 0.05) is 37.8 Å². The minimum Gasteiger partial charge on any atom is -0.381 e. The molecular formula is C15H25N3O2. The van der Waals surface area contributed by atoms with E-state index in [1.807, 2.05) is 13.1 Å². The maximum atomic E-state index is 6.11. The van der Waals surface area contributed by atoms with Crippen LogP contribution in [0.5, 0.6) is 0 Å². The first-order valence-electron chi connectivity index (χ1n) is 7.59. The van der Waals surface area contributed by atoms with E-state index in [0.29, 0.717) is 6.04 Å². The molecule has 2 fully saturated rings. The smallest absolute Gasteiger partial charge is 0.120 e. The van der Waals surface area contributed by atoms with Gasteiger partial charge in [-0.05, 0) is 39.7 Å². The molecular weight excluding hydrogens is 254 g/mol. The van der Waals surface area contributed by atoms with Gasteiger partial charge in [0.15, 0.2) is 0 Å². The number of rotatable bonds is 3. The van der Waals surface area contributed by atoms with Crippen LogP contribution in [0.25, 0.3) is 0 Å². The second-order valence-electron chi connectivity index (χ2n) is 6.22. The molecule has 3 rings (SSSR count). The number of hydrogen-bond donors (Lipinski definition) is 1. The first kappa shape index (κ1) is 14.0. The van der Waals surface area contributed by atoms with Crippen molar-refractivity contribution in [2.24, 2.45) is 0 Å². The first-order chi connectivity index (χ1) is 9.67. The Bertz CT molecular complexity index is 435. The lowest BCUT2D eigenvalue weighted by molar-refractivity contribution is -0.150. The zero-order chi connectivity index (χ0) is 14.0. The van der Waals surface area contributed by atoms with E-state index < -0.39 is 0 Å². The predicted octanol–water partition coefficient (Wildman–Crippen LogP) is 1.88. The molecule has 5 nitrogen and oxygen atoms in total. The van der Waals surface area contributed by atoms with Gasteiger partial charge in [0.05, 0.1) is 12.1 Å². The van der Waals surface area contributed by atoms with Crippen molar-refractivity contribution in [3.8, 4) is 0 Å². The highest BCUT2D eigenvalue weighted by Crippen LogP contribution is 2.35. The van der Waals surface area contributed by atoms with Gasteiger partial charge in [0.2, 0.25) is 0 Å². The molecule has 0 aliphatic carbocycles. The molecule has 1 aromatic heterocycles. The van der Waals surface area contributed by atoms with Gasteiger partial charge < -0.3 is 14.5 Å². The molecule has 2 saturated heterocycles. The van der Waals surface area contributed by atoms with Crippen LogP contribution in [0.1, 0.15) is 37.2 Å². The van der Waals surface area contributed by atoms with E-state index in [-0.39, 0.29) is 5.60 Å². The summed E-state index contributed by atoms with van der Waals surface area (Å²) in [5, 5.41) is 0. The Morgan fingerprint density at radius 3 is 2.90 bits per heavy atom. The van der Waals surface area contributed by atoms with Crippen molar-refractivity contribution in [1.82, 2.24) is 14.9 Å². The highest BCUT2D eigenvalue weighted by molar-refractivity contribution is 4.99. The molecule has 0 saturated carbocycles. The molecule has 1 aromatic rings. The van der Waals surface area contributed by atoms with Crippen LogP contribution in [0.2, 0.25) is 0 Å². The number of aromatic amines is 1. The summed E-state index contributed by atoms with van der Waals surface area (Å²) in [6.07, 6.45) is 6.20. The fraction of sp³-hybridized carbons (Fsp3) is 0.800. The number of H-pyrrole nitrogens is 1. The summed E-state index contributed by atoms with van der Waals surface area (Å²) in [5.74, 6) is 1.05. The van der Waals surface area contributed by atoms with Crippen LogP contribution in [-0.4, -0.2) is 53.4 Å². The van der Waals surface area contributed by atoms with Crippen molar-refractivity contribution < 1.29 is 9.47 Å². The predicted molar refractivity (Wildman–Crippen MR) is 76.5 cm³/mol. The fourth-order valence-electron chi connectivity index (χ4n) is 3.38. The van der Waals surface area contributed by atoms with Crippen LogP contribution in [-0.2, 0) is 16.0 Å². The van der Waals surface area contributed by atoms with Crippen molar-refractivity contribution >= 4 is 0 Å². The van der Waals surface area contributed by atoms with E-state index in [1.165, 1.54) is 0 Å². The summed E-state index contributed by atoms with van der Waals surface area (Å²) < 4.78 is 11.6. The van der Waals surface area contributed by atoms with Crippen molar-refractivity contribution in [1.29, 1.82) is 0 Å². The summed E-state index contributed by atoms with van der Waals surface area (Å²) in [5.41, 5.74) is 1.19. The molecule has 1 spiro atoms. The molecule has 3 heterocycles. The van der Waals surface area contributed by atoms with Gasteiger partial charge >= 0.3 is 0 Å². The summed E-state index contributed by atoms with van der Waals surface area (Å²) in [4.78, 5) is 10.1. The lowest BCUT2D eigenvalue weighted by Crippen LogP contribution is -2.50. The monoisotopic (exact) mass is 279 g/mol. The van der Waals surface area contributed by atoms with E-state index in [9.17, 15) is 0 Å². The third-order valence-electron chi connectivity index (χ3n) is 4.65. The van der Waals surface area contributed by atoms with Crippen LogP contribution in [0, 0.1) is 6.92 Å². The van der Waals surface area contributed by atoms with Crippen LogP contribution in [0.3, 0.4) is 0 Å². The van der Waals surface area contributed by atoms with E-state index in [2.05, 4.69) is 21.9 Å². The first-order valence-corrected chi connectivity index (χ1v) is 7.59. The van der Waals surface area contributed by atoms with Gasteiger partial charge in [-0.3, -0.25) is 4.90 Å². The topological polar surface area (TPSA) is 50.4 Å². The molecule has 2 aliphatic rings. The fourth-order valence-corrected chi connectivity index (χ4v) is 3.38. The number of nitrogens with one attached hydrogen (secondary N) is 1. The number of imidazole rings is 1. The molecule has 0 radical (unpaired) electrons. The lowest BCUT2D eigenvalue weighted by atomic mass is 9.83. The average molecular weight is 279 g/mol. The SMILES string of the molecule is Cc1cnc(CN(C)[C@H]2CCOC3(CCOCC3)C2)[nH]1. The Morgan fingerprint density at radius 1 is 1.40 bits per heavy atom. The zero-order valence-electron chi connectivity index (χ0n) is 12.5. The van der Waals surface area contributed by atoms with Crippen molar-refractivity contribution in [2.75, 3.05) is 26.9 Å². The van der Waals surface area contributed by atoms with Gasteiger partial charge in [0.25, 0.3) is 0 Å². The van der Waals surface area contributed by atoms with Crippen molar-refractivity contribution in [2.45, 2.75) is 50.8 Å². The molecule has 1 atom stereocenters. The average Bonchev–Trinajstić information content (AvgIpc) is 2.85. The molecule has 0 unspecified atom stereocenters. The highest BCUT2D eigenvalue weighted by atomic mass is 16.5. The van der Waals surface area contributed by atoms with E-state index in [0.717, 1.165) is 63.6 Å². The quantitative estimate of drug-likeness (QED) is 0.918. The normalized spacial score (nSPS) is 26.2. The minimum absolute atomic E-state index is 0.0640. The Kier molecular flexibility index (Phi) is 4.10. The molecule has 2 aliphatic heterocycles. The van der Waals surface area contributed by atoms with Crippen LogP contribution < -0.4 is 0 Å². The van der Waals surface area contributed by atoms with E-state index >= 15 is 0 Å². The molecule has 0 bridgehead atoms. The third-order valence-corrected chi connectivity index (χ3v) is 4.65.